The zero-order valence-corrected chi connectivity index (χ0v) is 23.8. The summed E-state index contributed by atoms with van der Waals surface area (Å²) in [6.07, 6.45) is 0. The first kappa shape index (κ1) is 24.6. The van der Waals surface area contributed by atoms with Crippen LogP contribution in [0.5, 0.6) is 0 Å². The van der Waals surface area contributed by atoms with Crippen LogP contribution in [0.4, 0.5) is 17.1 Å². The van der Waals surface area contributed by atoms with E-state index < -0.39 is 0 Å². The number of anilines is 3. The van der Waals surface area contributed by atoms with E-state index in [2.05, 4.69) is 169 Å². The molecule has 0 fully saturated rings. The van der Waals surface area contributed by atoms with Gasteiger partial charge in [-0.1, -0.05) is 109 Å². The van der Waals surface area contributed by atoms with Gasteiger partial charge in [0, 0.05) is 37.2 Å². The molecular formula is C40H27NS. The zero-order chi connectivity index (χ0) is 27.9. The molecule has 0 amide bonds. The average molecular weight is 554 g/mol. The van der Waals surface area contributed by atoms with E-state index in [1.807, 2.05) is 11.3 Å². The Morgan fingerprint density at radius 2 is 0.952 bits per heavy atom. The van der Waals surface area contributed by atoms with Crippen molar-refractivity contribution >= 4 is 59.3 Å². The molecule has 8 rings (SSSR count). The minimum absolute atomic E-state index is 1.13. The van der Waals surface area contributed by atoms with Crippen LogP contribution < -0.4 is 4.90 Å². The highest BCUT2D eigenvalue weighted by molar-refractivity contribution is 7.25. The van der Waals surface area contributed by atoms with Gasteiger partial charge in [-0.05, 0) is 87.6 Å². The van der Waals surface area contributed by atoms with Gasteiger partial charge < -0.3 is 4.90 Å². The number of nitrogens with zero attached hydrogens (tertiary/aromatic N) is 1. The molecule has 1 nitrogen and oxygen atoms in total. The van der Waals surface area contributed by atoms with E-state index in [1.165, 1.54) is 53.2 Å². The van der Waals surface area contributed by atoms with E-state index in [-0.39, 0.29) is 0 Å². The standard InChI is InChI=1S/C40H27NS/c1-3-11-28(12-4-1)35-15-7-8-16-36(35)29-19-22-33(23-20-29)41(32-13-5-2-6-14-32)34-24-21-30-26-38-37-17-9-10-18-39(37)42-40(38)27-31(30)25-34/h1-27H. The van der Waals surface area contributed by atoms with Crippen molar-refractivity contribution < 1.29 is 0 Å². The van der Waals surface area contributed by atoms with E-state index in [1.54, 1.807) is 0 Å². The third kappa shape index (κ3) is 4.34. The highest BCUT2D eigenvalue weighted by Gasteiger charge is 2.15. The van der Waals surface area contributed by atoms with Crippen molar-refractivity contribution in [1.82, 2.24) is 0 Å². The van der Waals surface area contributed by atoms with Gasteiger partial charge >= 0.3 is 0 Å². The van der Waals surface area contributed by atoms with Gasteiger partial charge in [0.1, 0.15) is 0 Å². The number of para-hydroxylation sites is 1. The molecule has 0 atom stereocenters. The van der Waals surface area contributed by atoms with E-state index in [0.29, 0.717) is 0 Å². The highest BCUT2D eigenvalue weighted by Crippen LogP contribution is 2.41. The van der Waals surface area contributed by atoms with Gasteiger partial charge in [0.15, 0.2) is 0 Å². The fourth-order valence-corrected chi connectivity index (χ4v) is 7.15. The second-order valence-electron chi connectivity index (χ2n) is 10.6. The quantitative estimate of drug-likeness (QED) is 0.205. The van der Waals surface area contributed by atoms with Crippen molar-refractivity contribution in [2.75, 3.05) is 4.90 Å². The van der Waals surface area contributed by atoms with Gasteiger partial charge in [0.25, 0.3) is 0 Å². The van der Waals surface area contributed by atoms with Crippen LogP contribution in [0.1, 0.15) is 0 Å². The van der Waals surface area contributed by atoms with Gasteiger partial charge in [-0.15, -0.1) is 11.3 Å². The lowest BCUT2D eigenvalue weighted by Crippen LogP contribution is -2.09. The number of rotatable bonds is 5. The Balaban J connectivity index is 1.23. The van der Waals surface area contributed by atoms with E-state index in [9.17, 15) is 0 Å². The molecule has 0 aliphatic carbocycles. The molecule has 0 radical (unpaired) electrons. The lowest BCUT2D eigenvalue weighted by molar-refractivity contribution is 1.29. The molecule has 198 valence electrons. The molecule has 0 bridgehead atoms. The molecule has 0 saturated carbocycles. The Morgan fingerprint density at radius 1 is 0.357 bits per heavy atom. The molecular weight excluding hydrogens is 527 g/mol. The lowest BCUT2D eigenvalue weighted by atomic mass is 9.94. The summed E-state index contributed by atoms with van der Waals surface area (Å²) in [6.45, 7) is 0. The smallest absolute Gasteiger partial charge is 0.0468 e. The van der Waals surface area contributed by atoms with Crippen LogP contribution in [-0.2, 0) is 0 Å². The van der Waals surface area contributed by atoms with Crippen molar-refractivity contribution in [2.24, 2.45) is 0 Å². The van der Waals surface area contributed by atoms with Crippen molar-refractivity contribution in [3.63, 3.8) is 0 Å². The molecule has 0 saturated heterocycles. The van der Waals surface area contributed by atoms with E-state index >= 15 is 0 Å². The first-order chi connectivity index (χ1) is 20.8. The molecule has 0 aliphatic heterocycles. The Hall–Kier alpha value is -5.18. The van der Waals surface area contributed by atoms with Crippen LogP contribution in [-0.4, -0.2) is 0 Å². The van der Waals surface area contributed by atoms with Crippen molar-refractivity contribution in [3.8, 4) is 22.3 Å². The summed E-state index contributed by atoms with van der Waals surface area (Å²) >= 11 is 1.87. The maximum atomic E-state index is 2.35. The number of fused-ring (bicyclic) bond motifs is 4. The lowest BCUT2D eigenvalue weighted by Gasteiger charge is -2.26. The number of thiophene rings is 1. The summed E-state index contributed by atoms with van der Waals surface area (Å²) in [6, 6.07) is 59.1. The Kier molecular flexibility index (Phi) is 6.05. The first-order valence-electron chi connectivity index (χ1n) is 14.3. The second-order valence-corrected chi connectivity index (χ2v) is 11.7. The first-order valence-corrected chi connectivity index (χ1v) is 15.1. The molecule has 1 heterocycles. The van der Waals surface area contributed by atoms with Gasteiger partial charge in [0.05, 0.1) is 0 Å². The SMILES string of the molecule is c1ccc(-c2ccccc2-c2ccc(N(c3ccccc3)c3ccc4cc5c(cc4c3)sc3ccccc35)cc2)cc1. The van der Waals surface area contributed by atoms with Crippen LogP contribution in [0.15, 0.2) is 164 Å². The fraction of sp³-hybridized carbons (Fsp3) is 0. The largest absolute Gasteiger partial charge is 0.310 e. The second kappa shape index (κ2) is 10.3. The number of hydrogen-bond acceptors (Lipinski definition) is 2. The van der Waals surface area contributed by atoms with Crippen LogP contribution in [0.25, 0.3) is 53.2 Å². The predicted octanol–water partition coefficient (Wildman–Crippen LogP) is 12.0. The molecule has 0 spiro atoms. The van der Waals surface area contributed by atoms with Gasteiger partial charge in [-0.2, -0.15) is 0 Å². The highest BCUT2D eigenvalue weighted by atomic mass is 32.1. The molecule has 42 heavy (non-hydrogen) atoms. The maximum absolute atomic E-state index is 2.35. The zero-order valence-electron chi connectivity index (χ0n) is 22.9. The van der Waals surface area contributed by atoms with Crippen molar-refractivity contribution in [1.29, 1.82) is 0 Å². The molecule has 7 aromatic carbocycles. The Labute approximate surface area is 249 Å². The van der Waals surface area contributed by atoms with Crippen LogP contribution in [0.3, 0.4) is 0 Å². The third-order valence-electron chi connectivity index (χ3n) is 8.04. The Morgan fingerprint density at radius 3 is 1.71 bits per heavy atom. The molecule has 0 unspecified atom stereocenters. The van der Waals surface area contributed by atoms with E-state index in [0.717, 1.165) is 17.1 Å². The summed E-state index contributed by atoms with van der Waals surface area (Å²) in [4.78, 5) is 2.35. The average Bonchev–Trinajstić information content (AvgIpc) is 3.42. The van der Waals surface area contributed by atoms with Crippen LogP contribution in [0, 0.1) is 0 Å². The van der Waals surface area contributed by atoms with Gasteiger partial charge in [-0.25, -0.2) is 0 Å². The molecule has 8 aromatic rings. The molecule has 2 heteroatoms. The molecule has 0 N–H and O–H groups in total. The van der Waals surface area contributed by atoms with E-state index in [4.69, 9.17) is 0 Å². The summed E-state index contributed by atoms with van der Waals surface area (Å²) in [7, 11) is 0. The summed E-state index contributed by atoms with van der Waals surface area (Å²) in [5, 5.41) is 5.18. The fourth-order valence-electron chi connectivity index (χ4n) is 6.01. The molecule has 1 aromatic heterocycles. The number of hydrogen-bond donors (Lipinski definition) is 0. The summed E-state index contributed by atoms with van der Waals surface area (Å²) in [5.74, 6) is 0. The van der Waals surface area contributed by atoms with Gasteiger partial charge in [0.2, 0.25) is 0 Å². The maximum Gasteiger partial charge on any atom is 0.0468 e. The Bertz CT molecular complexity index is 2180. The van der Waals surface area contributed by atoms with Crippen LogP contribution >= 0.6 is 11.3 Å². The minimum Gasteiger partial charge on any atom is -0.310 e. The van der Waals surface area contributed by atoms with Crippen LogP contribution in [0.2, 0.25) is 0 Å². The number of benzene rings is 7. The predicted molar refractivity (Wildman–Crippen MR) is 182 cm³/mol. The minimum atomic E-state index is 1.13. The van der Waals surface area contributed by atoms with Crippen molar-refractivity contribution in [2.45, 2.75) is 0 Å². The third-order valence-corrected chi connectivity index (χ3v) is 9.17. The normalized spacial score (nSPS) is 11.3. The van der Waals surface area contributed by atoms with Crippen molar-refractivity contribution in [3.05, 3.63) is 164 Å². The molecule has 0 aliphatic rings. The monoisotopic (exact) mass is 553 g/mol. The van der Waals surface area contributed by atoms with Gasteiger partial charge in [-0.3, -0.25) is 0 Å². The summed E-state index contributed by atoms with van der Waals surface area (Å²) < 4.78 is 2.66. The summed E-state index contributed by atoms with van der Waals surface area (Å²) in [5.41, 5.74) is 8.32. The topological polar surface area (TPSA) is 3.24 Å².